The second kappa shape index (κ2) is 3.23. The van der Waals surface area contributed by atoms with Gasteiger partial charge in [-0.1, -0.05) is 13.8 Å². The number of ether oxygens (including phenoxy) is 2. The summed E-state index contributed by atoms with van der Waals surface area (Å²) in [7, 11) is 0. The molecule has 2 fully saturated rings. The van der Waals surface area contributed by atoms with Gasteiger partial charge >= 0.3 is 0 Å². The summed E-state index contributed by atoms with van der Waals surface area (Å²) in [6, 6.07) is 0. The topological polar surface area (TPSA) is 30.5 Å². The molecular formula is C10H19NO2. The van der Waals surface area contributed by atoms with Crippen LogP contribution in [0.15, 0.2) is 0 Å². The van der Waals surface area contributed by atoms with Gasteiger partial charge in [-0.05, 0) is 12.8 Å². The molecule has 2 rings (SSSR count). The highest BCUT2D eigenvalue weighted by atomic mass is 16.6. The van der Waals surface area contributed by atoms with Gasteiger partial charge in [-0.3, -0.25) is 5.32 Å². The van der Waals surface area contributed by atoms with Gasteiger partial charge in [-0.15, -0.1) is 0 Å². The molecule has 1 unspecified atom stereocenters. The molecule has 0 aromatic rings. The molecule has 13 heavy (non-hydrogen) atoms. The molecule has 0 radical (unpaired) electrons. The molecule has 2 heterocycles. The minimum Gasteiger partial charge on any atom is -0.377 e. The molecule has 76 valence electrons. The van der Waals surface area contributed by atoms with E-state index in [2.05, 4.69) is 19.2 Å². The molecular weight excluding hydrogens is 166 g/mol. The van der Waals surface area contributed by atoms with Crippen molar-refractivity contribution >= 4 is 0 Å². The molecule has 2 saturated heterocycles. The fourth-order valence-electron chi connectivity index (χ4n) is 1.86. The van der Waals surface area contributed by atoms with Crippen LogP contribution in [-0.2, 0) is 9.47 Å². The van der Waals surface area contributed by atoms with Gasteiger partial charge in [0, 0.05) is 18.6 Å². The van der Waals surface area contributed by atoms with Crippen molar-refractivity contribution in [3.8, 4) is 0 Å². The van der Waals surface area contributed by atoms with Crippen LogP contribution in [0.1, 0.15) is 26.7 Å². The first-order chi connectivity index (χ1) is 6.12. The van der Waals surface area contributed by atoms with Gasteiger partial charge in [0.05, 0.1) is 13.2 Å². The summed E-state index contributed by atoms with van der Waals surface area (Å²) in [4.78, 5) is 0. The largest absolute Gasteiger partial charge is 0.377 e. The standard InChI is InChI=1S/C10H19NO2/c1-9(2)6-11-10(13-7-9)4-3-5-12-8-10/h11H,3-8H2,1-2H3. The summed E-state index contributed by atoms with van der Waals surface area (Å²) in [6.45, 7) is 7.89. The SMILES string of the molecule is CC1(C)CNC2(CCCOC2)OC1. The third-order valence-electron chi connectivity index (χ3n) is 2.83. The van der Waals surface area contributed by atoms with Gasteiger partial charge in [-0.25, -0.2) is 0 Å². The third kappa shape index (κ3) is 2.03. The zero-order valence-electron chi connectivity index (χ0n) is 8.56. The predicted molar refractivity (Wildman–Crippen MR) is 50.5 cm³/mol. The molecule has 0 amide bonds. The van der Waals surface area contributed by atoms with E-state index < -0.39 is 0 Å². The van der Waals surface area contributed by atoms with Gasteiger partial charge in [0.1, 0.15) is 5.72 Å². The molecule has 0 saturated carbocycles. The lowest BCUT2D eigenvalue weighted by molar-refractivity contribution is -0.189. The Labute approximate surface area is 79.8 Å². The maximum Gasteiger partial charge on any atom is 0.142 e. The highest BCUT2D eigenvalue weighted by molar-refractivity contribution is 4.89. The summed E-state index contributed by atoms with van der Waals surface area (Å²) < 4.78 is 11.3. The lowest BCUT2D eigenvalue weighted by atomic mass is 9.90. The molecule has 1 spiro atoms. The second-order valence-corrected chi connectivity index (χ2v) is 4.96. The quantitative estimate of drug-likeness (QED) is 0.614. The van der Waals surface area contributed by atoms with E-state index in [1.54, 1.807) is 0 Å². The second-order valence-electron chi connectivity index (χ2n) is 4.96. The van der Waals surface area contributed by atoms with Crippen LogP contribution in [-0.4, -0.2) is 32.1 Å². The Kier molecular flexibility index (Phi) is 2.34. The van der Waals surface area contributed by atoms with Crippen molar-refractivity contribution in [2.24, 2.45) is 5.41 Å². The molecule has 1 N–H and O–H groups in total. The summed E-state index contributed by atoms with van der Waals surface area (Å²) in [6.07, 6.45) is 2.19. The molecule has 2 aliphatic rings. The van der Waals surface area contributed by atoms with Gasteiger partial charge < -0.3 is 9.47 Å². The van der Waals surface area contributed by atoms with E-state index in [1.165, 1.54) is 0 Å². The van der Waals surface area contributed by atoms with Gasteiger partial charge in [0.15, 0.2) is 0 Å². The highest BCUT2D eigenvalue weighted by Gasteiger charge is 2.40. The molecule has 0 bridgehead atoms. The monoisotopic (exact) mass is 185 g/mol. The zero-order chi connectivity index (χ0) is 9.36. The first kappa shape index (κ1) is 9.44. The van der Waals surface area contributed by atoms with Crippen molar-refractivity contribution in [3.05, 3.63) is 0 Å². The lowest BCUT2D eigenvalue weighted by Crippen LogP contribution is -2.61. The minimum absolute atomic E-state index is 0.159. The van der Waals surface area contributed by atoms with Crippen LogP contribution in [0.3, 0.4) is 0 Å². The van der Waals surface area contributed by atoms with E-state index in [4.69, 9.17) is 9.47 Å². The summed E-state index contributed by atoms with van der Waals surface area (Å²) in [5, 5.41) is 3.48. The summed E-state index contributed by atoms with van der Waals surface area (Å²) in [5.41, 5.74) is 0.108. The lowest BCUT2D eigenvalue weighted by Gasteiger charge is -2.46. The Hall–Kier alpha value is -0.120. The van der Waals surface area contributed by atoms with Crippen LogP contribution < -0.4 is 5.32 Å². The Bertz CT molecular complexity index is 173. The zero-order valence-corrected chi connectivity index (χ0v) is 8.56. The minimum atomic E-state index is -0.159. The van der Waals surface area contributed by atoms with Crippen LogP contribution >= 0.6 is 0 Å². The fourth-order valence-corrected chi connectivity index (χ4v) is 1.86. The third-order valence-corrected chi connectivity index (χ3v) is 2.83. The number of nitrogens with one attached hydrogen (secondary N) is 1. The molecule has 0 aliphatic carbocycles. The van der Waals surface area contributed by atoms with E-state index in [9.17, 15) is 0 Å². The molecule has 1 atom stereocenters. The van der Waals surface area contributed by atoms with Gasteiger partial charge in [0.2, 0.25) is 0 Å². The van der Waals surface area contributed by atoms with E-state index >= 15 is 0 Å². The molecule has 3 nitrogen and oxygen atoms in total. The molecule has 0 aromatic carbocycles. The number of hydrogen-bond donors (Lipinski definition) is 1. The first-order valence-corrected chi connectivity index (χ1v) is 5.09. The van der Waals surface area contributed by atoms with Crippen LogP contribution in [0, 0.1) is 5.41 Å². The van der Waals surface area contributed by atoms with E-state index in [-0.39, 0.29) is 11.1 Å². The van der Waals surface area contributed by atoms with Crippen molar-refractivity contribution < 1.29 is 9.47 Å². The van der Waals surface area contributed by atoms with Crippen molar-refractivity contribution in [1.29, 1.82) is 0 Å². The number of hydrogen-bond acceptors (Lipinski definition) is 3. The Morgan fingerprint density at radius 2 is 2.08 bits per heavy atom. The van der Waals surface area contributed by atoms with Crippen LogP contribution in [0.4, 0.5) is 0 Å². The van der Waals surface area contributed by atoms with Crippen molar-refractivity contribution in [2.75, 3.05) is 26.4 Å². The van der Waals surface area contributed by atoms with E-state index in [0.717, 1.165) is 32.6 Å². The van der Waals surface area contributed by atoms with Gasteiger partial charge in [-0.2, -0.15) is 0 Å². The van der Waals surface area contributed by atoms with Gasteiger partial charge in [0.25, 0.3) is 0 Å². The fraction of sp³-hybridized carbons (Fsp3) is 1.00. The highest BCUT2D eigenvalue weighted by Crippen LogP contribution is 2.29. The van der Waals surface area contributed by atoms with Crippen LogP contribution in [0.5, 0.6) is 0 Å². The Morgan fingerprint density at radius 1 is 1.23 bits per heavy atom. The Morgan fingerprint density at radius 3 is 2.62 bits per heavy atom. The van der Waals surface area contributed by atoms with Crippen LogP contribution in [0.2, 0.25) is 0 Å². The predicted octanol–water partition coefficient (Wildman–Crippen LogP) is 1.14. The Balaban J connectivity index is 1.95. The van der Waals surface area contributed by atoms with Crippen LogP contribution in [0.25, 0.3) is 0 Å². The van der Waals surface area contributed by atoms with Crippen molar-refractivity contribution in [3.63, 3.8) is 0 Å². The van der Waals surface area contributed by atoms with Crippen molar-refractivity contribution in [1.82, 2.24) is 5.32 Å². The number of rotatable bonds is 0. The smallest absolute Gasteiger partial charge is 0.142 e. The molecule has 0 aromatic heterocycles. The molecule has 3 heteroatoms. The average molecular weight is 185 g/mol. The molecule has 2 aliphatic heterocycles. The normalized spacial score (nSPS) is 39.2. The van der Waals surface area contributed by atoms with E-state index in [0.29, 0.717) is 6.61 Å². The summed E-state index contributed by atoms with van der Waals surface area (Å²) in [5.74, 6) is 0. The maximum atomic E-state index is 5.89. The maximum absolute atomic E-state index is 5.89. The van der Waals surface area contributed by atoms with Crippen molar-refractivity contribution in [2.45, 2.75) is 32.4 Å². The summed E-state index contributed by atoms with van der Waals surface area (Å²) >= 11 is 0. The van der Waals surface area contributed by atoms with E-state index in [1.807, 2.05) is 0 Å². The average Bonchev–Trinajstić information content (AvgIpc) is 2.13. The first-order valence-electron chi connectivity index (χ1n) is 5.09.